The Labute approximate surface area is 220 Å². The van der Waals surface area contributed by atoms with E-state index in [9.17, 15) is 14.7 Å². The number of nitrogens with zero attached hydrogens (tertiary/aromatic N) is 4. The third kappa shape index (κ3) is 4.23. The Balaban J connectivity index is 1.35. The molecule has 0 bridgehead atoms. The summed E-state index contributed by atoms with van der Waals surface area (Å²) in [6, 6.07) is 16.2. The number of anilines is 2. The van der Waals surface area contributed by atoms with Crippen molar-refractivity contribution in [1.29, 1.82) is 0 Å². The number of piperidine rings is 1. The van der Waals surface area contributed by atoms with Gasteiger partial charge >= 0.3 is 5.97 Å². The number of likely N-dealkylation sites (tertiary alicyclic amines) is 1. The van der Waals surface area contributed by atoms with E-state index in [-0.39, 0.29) is 22.7 Å². The molecule has 1 fully saturated rings. The van der Waals surface area contributed by atoms with Gasteiger partial charge in [0.1, 0.15) is 28.3 Å². The quantitative estimate of drug-likeness (QED) is 0.392. The molecule has 2 aromatic heterocycles. The summed E-state index contributed by atoms with van der Waals surface area (Å²) in [5.74, 6) is 0.186. The molecule has 9 nitrogen and oxygen atoms in total. The molecule has 9 heteroatoms. The monoisotopic (exact) mass is 511 g/mol. The number of aromatic nitrogens is 3. The van der Waals surface area contributed by atoms with Crippen molar-refractivity contribution in [2.24, 2.45) is 0 Å². The number of hydrogen-bond donors (Lipinski definition) is 2. The number of benzene rings is 2. The zero-order valence-corrected chi connectivity index (χ0v) is 21.3. The molecule has 38 heavy (non-hydrogen) atoms. The molecule has 0 unspecified atom stereocenters. The van der Waals surface area contributed by atoms with E-state index in [4.69, 9.17) is 4.74 Å². The van der Waals surface area contributed by atoms with Crippen molar-refractivity contribution in [2.45, 2.75) is 44.6 Å². The van der Waals surface area contributed by atoms with Crippen molar-refractivity contribution in [1.82, 2.24) is 19.5 Å². The SMILES string of the molecule is CC1(C)Cc2cccc(Nc3c(C(=O)N4CCC(c5ccccc5)CC4)cnc4c(C(=O)O)cnn34)c2O1. The fraction of sp³-hybridized carbons (Fsp3) is 0.310. The first-order chi connectivity index (χ1) is 18.3. The molecular weight excluding hydrogens is 482 g/mol. The Hall–Kier alpha value is -4.40. The predicted molar refractivity (Wildman–Crippen MR) is 142 cm³/mol. The second kappa shape index (κ2) is 9.16. The number of fused-ring (bicyclic) bond motifs is 2. The molecule has 2 aliphatic heterocycles. The largest absolute Gasteiger partial charge is 0.485 e. The number of hydrogen-bond acceptors (Lipinski definition) is 6. The molecule has 2 N–H and O–H groups in total. The first-order valence-electron chi connectivity index (χ1n) is 12.8. The molecule has 0 atom stereocenters. The van der Waals surface area contributed by atoms with E-state index < -0.39 is 5.97 Å². The van der Waals surface area contributed by atoms with Crippen molar-refractivity contribution < 1.29 is 19.4 Å². The lowest BCUT2D eigenvalue weighted by atomic mass is 9.89. The summed E-state index contributed by atoms with van der Waals surface area (Å²) < 4.78 is 7.62. The number of aromatic carboxylic acids is 1. The van der Waals surface area contributed by atoms with Crippen molar-refractivity contribution in [3.05, 3.63) is 83.2 Å². The number of carbonyl (C=O) groups excluding carboxylic acids is 1. The number of carbonyl (C=O) groups is 2. The van der Waals surface area contributed by atoms with E-state index in [0.29, 0.717) is 36.1 Å². The molecule has 1 saturated heterocycles. The highest BCUT2D eigenvalue weighted by molar-refractivity contribution is 6.01. The van der Waals surface area contributed by atoms with Gasteiger partial charge in [-0.15, -0.1) is 0 Å². The Morgan fingerprint density at radius 1 is 1.03 bits per heavy atom. The highest BCUT2D eigenvalue weighted by Crippen LogP contribution is 2.42. The normalized spacial score (nSPS) is 16.7. The summed E-state index contributed by atoms with van der Waals surface area (Å²) >= 11 is 0. The summed E-state index contributed by atoms with van der Waals surface area (Å²) in [5.41, 5.74) is 3.14. The summed E-state index contributed by atoms with van der Waals surface area (Å²) in [6.45, 7) is 5.30. The van der Waals surface area contributed by atoms with Gasteiger partial charge in [0.15, 0.2) is 5.65 Å². The van der Waals surface area contributed by atoms with Crippen LogP contribution in [0.25, 0.3) is 5.65 Å². The average Bonchev–Trinajstić information content (AvgIpc) is 3.49. The number of ether oxygens (including phenoxy) is 1. The first-order valence-corrected chi connectivity index (χ1v) is 12.8. The number of nitrogens with one attached hydrogen (secondary N) is 1. The lowest BCUT2D eigenvalue weighted by molar-refractivity contribution is 0.0695. The van der Waals surface area contributed by atoms with Crippen LogP contribution in [0, 0.1) is 0 Å². The van der Waals surface area contributed by atoms with E-state index in [1.807, 2.05) is 55.1 Å². The van der Waals surface area contributed by atoms with E-state index in [0.717, 1.165) is 30.6 Å². The molecule has 1 amide bonds. The molecule has 0 spiro atoms. The maximum atomic E-state index is 13.8. The number of amides is 1. The Kier molecular flexibility index (Phi) is 5.78. The van der Waals surface area contributed by atoms with Gasteiger partial charge in [-0.2, -0.15) is 9.61 Å². The molecule has 0 saturated carbocycles. The molecule has 194 valence electrons. The fourth-order valence-corrected chi connectivity index (χ4v) is 5.51. The van der Waals surface area contributed by atoms with Gasteiger partial charge in [0.25, 0.3) is 5.91 Å². The van der Waals surface area contributed by atoms with E-state index in [1.54, 1.807) is 0 Å². The van der Waals surface area contributed by atoms with Gasteiger partial charge in [0.2, 0.25) is 0 Å². The van der Waals surface area contributed by atoms with Crippen LogP contribution in [-0.2, 0) is 6.42 Å². The van der Waals surface area contributed by atoms with Crippen molar-refractivity contribution in [2.75, 3.05) is 18.4 Å². The van der Waals surface area contributed by atoms with Gasteiger partial charge in [0.05, 0.1) is 11.9 Å². The fourth-order valence-electron chi connectivity index (χ4n) is 5.51. The highest BCUT2D eigenvalue weighted by Gasteiger charge is 2.33. The van der Waals surface area contributed by atoms with Crippen LogP contribution >= 0.6 is 0 Å². The number of para-hydroxylation sites is 1. The van der Waals surface area contributed by atoms with Gasteiger partial charge < -0.3 is 20.1 Å². The Bertz CT molecular complexity index is 1540. The van der Waals surface area contributed by atoms with Crippen LogP contribution in [0.2, 0.25) is 0 Å². The predicted octanol–water partition coefficient (Wildman–Crippen LogP) is 4.90. The lowest BCUT2D eigenvalue weighted by Gasteiger charge is -2.32. The topological polar surface area (TPSA) is 109 Å². The van der Waals surface area contributed by atoms with Crippen molar-refractivity contribution in [3.8, 4) is 5.75 Å². The summed E-state index contributed by atoms with van der Waals surface area (Å²) in [7, 11) is 0. The van der Waals surface area contributed by atoms with Gasteiger partial charge in [-0.3, -0.25) is 4.79 Å². The van der Waals surface area contributed by atoms with Crippen LogP contribution in [0.4, 0.5) is 11.5 Å². The standard InChI is InChI=1S/C29H29N5O4/c1-29(2)15-20-9-6-10-23(24(20)38-29)32-26-21(16-30-25-22(28(36)37)17-31-34(25)26)27(35)33-13-11-19(12-14-33)18-7-4-3-5-8-18/h3-10,16-17,19,32H,11-15H2,1-2H3,(H,36,37). The molecule has 4 heterocycles. The van der Waals surface area contributed by atoms with Crippen LogP contribution in [0.3, 0.4) is 0 Å². The van der Waals surface area contributed by atoms with E-state index in [1.165, 1.54) is 22.5 Å². The van der Waals surface area contributed by atoms with Gasteiger partial charge in [0, 0.05) is 31.3 Å². The van der Waals surface area contributed by atoms with Gasteiger partial charge in [-0.05, 0) is 44.2 Å². The van der Waals surface area contributed by atoms with Crippen LogP contribution in [0.1, 0.15) is 64.4 Å². The molecule has 0 radical (unpaired) electrons. The van der Waals surface area contributed by atoms with Gasteiger partial charge in [-0.1, -0.05) is 42.5 Å². The van der Waals surface area contributed by atoms with E-state index in [2.05, 4.69) is 27.5 Å². The minimum atomic E-state index is -1.13. The van der Waals surface area contributed by atoms with Gasteiger partial charge in [-0.25, -0.2) is 9.78 Å². The number of carboxylic acids is 1. The van der Waals surface area contributed by atoms with E-state index >= 15 is 0 Å². The second-order valence-corrected chi connectivity index (χ2v) is 10.6. The molecule has 0 aliphatic carbocycles. The summed E-state index contributed by atoms with van der Waals surface area (Å²) in [4.78, 5) is 31.8. The molecule has 2 aliphatic rings. The molecule has 4 aromatic rings. The van der Waals surface area contributed by atoms with Crippen LogP contribution in [0.5, 0.6) is 5.75 Å². The molecular formula is C29H29N5O4. The summed E-state index contributed by atoms with van der Waals surface area (Å²) in [6.07, 6.45) is 5.20. The van der Waals surface area contributed by atoms with Crippen LogP contribution < -0.4 is 10.1 Å². The average molecular weight is 512 g/mol. The van der Waals surface area contributed by atoms with Crippen LogP contribution in [0.15, 0.2) is 60.9 Å². The smallest absolute Gasteiger partial charge is 0.341 e. The van der Waals surface area contributed by atoms with Crippen LogP contribution in [-0.4, -0.2) is 55.2 Å². The molecule has 6 rings (SSSR count). The zero-order valence-electron chi connectivity index (χ0n) is 21.3. The highest BCUT2D eigenvalue weighted by atomic mass is 16.5. The Morgan fingerprint density at radius 2 is 1.79 bits per heavy atom. The number of rotatable bonds is 5. The minimum absolute atomic E-state index is 0.0357. The lowest BCUT2D eigenvalue weighted by Crippen LogP contribution is -2.38. The third-order valence-corrected chi connectivity index (χ3v) is 7.38. The van der Waals surface area contributed by atoms with Crippen molar-refractivity contribution in [3.63, 3.8) is 0 Å². The number of carboxylic acid groups (broad SMARTS) is 1. The Morgan fingerprint density at radius 3 is 2.53 bits per heavy atom. The zero-order chi connectivity index (χ0) is 26.4. The maximum absolute atomic E-state index is 13.8. The maximum Gasteiger partial charge on any atom is 0.341 e. The first kappa shape index (κ1) is 24.0. The second-order valence-electron chi connectivity index (χ2n) is 10.6. The van der Waals surface area contributed by atoms with Crippen molar-refractivity contribution >= 4 is 29.0 Å². The molecule has 2 aromatic carbocycles. The third-order valence-electron chi connectivity index (χ3n) is 7.38. The summed E-state index contributed by atoms with van der Waals surface area (Å²) in [5, 5.41) is 17.3. The minimum Gasteiger partial charge on any atom is -0.485 e.